The van der Waals surface area contributed by atoms with Crippen molar-refractivity contribution in [3.05, 3.63) is 96.1 Å². The van der Waals surface area contributed by atoms with Gasteiger partial charge in [0.15, 0.2) is 6.10 Å². The van der Waals surface area contributed by atoms with E-state index in [4.69, 9.17) is 9.47 Å². The summed E-state index contributed by atoms with van der Waals surface area (Å²) >= 11 is 0. The number of ether oxygens (including phenoxy) is 2. The van der Waals surface area contributed by atoms with E-state index in [1.807, 2.05) is 98.8 Å². The Bertz CT molecular complexity index is 1200. The Labute approximate surface area is 229 Å². The molecule has 8 heteroatoms. The molecule has 2 N–H and O–H groups in total. The number of benzene rings is 3. The Morgan fingerprint density at radius 2 is 1.41 bits per heavy atom. The third kappa shape index (κ3) is 9.26. The smallest absolute Gasteiger partial charge is 0.337 e. The van der Waals surface area contributed by atoms with Crippen LogP contribution in [0.2, 0.25) is 0 Å². The number of carbonyl (C=O) groups excluding carboxylic acids is 2. The lowest BCUT2D eigenvalue weighted by molar-refractivity contribution is -0.157. The van der Waals surface area contributed by atoms with Gasteiger partial charge in [-0.3, -0.25) is 0 Å². The number of hydrogen-bond acceptors (Lipinski definition) is 5. The molecule has 0 aliphatic carbocycles. The molecule has 3 aromatic rings. The summed E-state index contributed by atoms with van der Waals surface area (Å²) in [6.07, 6.45) is -0.912. The van der Waals surface area contributed by atoms with Gasteiger partial charge < -0.3 is 24.8 Å². The largest absolute Gasteiger partial charge is 0.480 e. The summed E-state index contributed by atoms with van der Waals surface area (Å²) in [5.74, 6) is -1.68. The molecular weight excluding hydrogens is 496 g/mol. The molecular formula is C31H36N2O6. The monoisotopic (exact) mass is 532 g/mol. The molecule has 0 aliphatic heterocycles. The van der Waals surface area contributed by atoms with Gasteiger partial charge in [-0.2, -0.15) is 0 Å². The molecule has 206 valence electrons. The number of amides is 2. The molecule has 0 bridgehead atoms. The van der Waals surface area contributed by atoms with Crippen molar-refractivity contribution in [2.24, 2.45) is 5.92 Å². The van der Waals surface area contributed by atoms with Gasteiger partial charge in [0.1, 0.15) is 12.6 Å². The van der Waals surface area contributed by atoms with Gasteiger partial charge in [0.05, 0.1) is 6.54 Å². The zero-order valence-corrected chi connectivity index (χ0v) is 22.6. The van der Waals surface area contributed by atoms with E-state index in [9.17, 15) is 19.5 Å². The SMILES string of the molecule is COC(CN(CC(C)C)C(=O)N[C@@H](Cc1ccc(-c2ccccc2)cc1)C(=O)O)C(=O)OCc1ccccc1. The molecule has 39 heavy (non-hydrogen) atoms. The van der Waals surface area contributed by atoms with E-state index in [1.54, 1.807) is 0 Å². The minimum Gasteiger partial charge on any atom is -0.480 e. The van der Waals surface area contributed by atoms with Crippen LogP contribution in [0.1, 0.15) is 25.0 Å². The molecule has 0 aliphatic rings. The van der Waals surface area contributed by atoms with E-state index in [0.717, 1.165) is 22.3 Å². The Balaban J connectivity index is 1.65. The number of methoxy groups -OCH3 is 1. The zero-order chi connectivity index (χ0) is 28.2. The fraction of sp³-hybridized carbons (Fsp3) is 0.323. The van der Waals surface area contributed by atoms with E-state index < -0.39 is 30.1 Å². The molecule has 0 saturated heterocycles. The van der Waals surface area contributed by atoms with Gasteiger partial charge in [-0.15, -0.1) is 0 Å². The van der Waals surface area contributed by atoms with Crippen LogP contribution in [0.4, 0.5) is 4.79 Å². The van der Waals surface area contributed by atoms with Crippen LogP contribution >= 0.6 is 0 Å². The van der Waals surface area contributed by atoms with Crippen LogP contribution in [0.5, 0.6) is 0 Å². The second kappa shape index (κ2) is 14.7. The maximum absolute atomic E-state index is 13.2. The van der Waals surface area contributed by atoms with Crippen LogP contribution in [0.15, 0.2) is 84.9 Å². The van der Waals surface area contributed by atoms with Crippen molar-refractivity contribution in [3.8, 4) is 11.1 Å². The number of rotatable bonds is 13. The minimum atomic E-state index is -1.15. The Morgan fingerprint density at radius 3 is 1.97 bits per heavy atom. The predicted molar refractivity (Wildman–Crippen MR) is 149 cm³/mol. The Morgan fingerprint density at radius 1 is 0.821 bits per heavy atom. The number of aliphatic carboxylic acids is 1. The van der Waals surface area contributed by atoms with Crippen molar-refractivity contribution in [2.45, 2.75) is 39.0 Å². The van der Waals surface area contributed by atoms with Crippen LogP contribution in [0.25, 0.3) is 11.1 Å². The van der Waals surface area contributed by atoms with E-state index >= 15 is 0 Å². The van der Waals surface area contributed by atoms with Crippen molar-refractivity contribution in [2.75, 3.05) is 20.2 Å². The van der Waals surface area contributed by atoms with Crippen molar-refractivity contribution in [1.82, 2.24) is 10.2 Å². The number of carboxylic acids is 1. The van der Waals surface area contributed by atoms with Gasteiger partial charge in [-0.25, -0.2) is 14.4 Å². The van der Waals surface area contributed by atoms with Gasteiger partial charge in [0.25, 0.3) is 0 Å². The summed E-state index contributed by atoms with van der Waals surface area (Å²) in [4.78, 5) is 39.4. The zero-order valence-electron chi connectivity index (χ0n) is 22.6. The molecule has 1 unspecified atom stereocenters. The summed E-state index contributed by atoms with van der Waals surface area (Å²) in [6.45, 7) is 4.17. The Kier molecular flexibility index (Phi) is 11.1. The topological polar surface area (TPSA) is 105 Å². The third-order valence-electron chi connectivity index (χ3n) is 6.13. The van der Waals surface area contributed by atoms with Crippen LogP contribution in [-0.4, -0.2) is 60.3 Å². The molecule has 3 rings (SSSR count). The average Bonchev–Trinajstić information content (AvgIpc) is 2.94. The fourth-order valence-corrected chi connectivity index (χ4v) is 4.09. The lowest BCUT2D eigenvalue weighted by Gasteiger charge is -2.29. The lowest BCUT2D eigenvalue weighted by atomic mass is 10.0. The molecule has 0 fully saturated rings. The van der Waals surface area contributed by atoms with Gasteiger partial charge >= 0.3 is 18.0 Å². The number of esters is 1. The second-order valence-corrected chi connectivity index (χ2v) is 9.72. The third-order valence-corrected chi connectivity index (χ3v) is 6.13. The molecule has 8 nitrogen and oxygen atoms in total. The molecule has 0 spiro atoms. The van der Waals surface area contributed by atoms with E-state index in [1.165, 1.54) is 12.0 Å². The predicted octanol–water partition coefficient (Wildman–Crippen LogP) is 4.78. The highest BCUT2D eigenvalue weighted by Gasteiger charge is 2.29. The summed E-state index contributed by atoms with van der Waals surface area (Å²) in [6, 6.07) is 25.0. The quantitative estimate of drug-likeness (QED) is 0.307. The van der Waals surface area contributed by atoms with Crippen LogP contribution in [-0.2, 0) is 32.1 Å². The molecule has 0 saturated carbocycles. The second-order valence-electron chi connectivity index (χ2n) is 9.72. The average molecular weight is 533 g/mol. The first-order valence-corrected chi connectivity index (χ1v) is 12.9. The first kappa shape index (κ1) is 29.4. The summed E-state index contributed by atoms with van der Waals surface area (Å²) in [5, 5.41) is 12.5. The maximum Gasteiger partial charge on any atom is 0.337 e. The summed E-state index contributed by atoms with van der Waals surface area (Å²) in [5.41, 5.74) is 3.69. The normalized spacial score (nSPS) is 12.4. The van der Waals surface area contributed by atoms with Crippen molar-refractivity contribution in [3.63, 3.8) is 0 Å². The highest BCUT2D eigenvalue weighted by molar-refractivity contribution is 5.83. The number of nitrogens with zero attached hydrogens (tertiary/aromatic N) is 1. The van der Waals surface area contributed by atoms with E-state index in [2.05, 4.69) is 5.32 Å². The maximum atomic E-state index is 13.2. The van der Waals surface area contributed by atoms with E-state index in [0.29, 0.717) is 6.54 Å². The molecule has 3 aromatic carbocycles. The summed E-state index contributed by atoms with van der Waals surface area (Å²) in [7, 11) is 1.37. The number of carboxylic acid groups (broad SMARTS) is 1. The first-order valence-electron chi connectivity index (χ1n) is 12.9. The number of urea groups is 1. The van der Waals surface area contributed by atoms with Crippen LogP contribution in [0, 0.1) is 5.92 Å². The minimum absolute atomic E-state index is 0.0717. The standard InChI is InChI=1S/C31H36N2O6/c1-22(2)19-33(20-28(38-3)30(36)39-21-24-10-6-4-7-11-24)31(37)32-27(29(34)35)18-23-14-16-26(17-15-23)25-12-8-5-9-13-25/h4-17,22,27-28H,18-21H2,1-3H3,(H,32,37)(H,34,35)/t27-,28?/m0/s1. The highest BCUT2D eigenvalue weighted by atomic mass is 16.6. The van der Waals surface area contributed by atoms with Gasteiger partial charge in [0, 0.05) is 20.1 Å². The van der Waals surface area contributed by atoms with Crippen molar-refractivity contribution >= 4 is 18.0 Å². The molecule has 0 aromatic heterocycles. The van der Waals surface area contributed by atoms with Gasteiger partial charge in [0.2, 0.25) is 0 Å². The Hall–Kier alpha value is -4.17. The van der Waals surface area contributed by atoms with Crippen molar-refractivity contribution in [1.29, 1.82) is 0 Å². The summed E-state index contributed by atoms with van der Waals surface area (Å²) < 4.78 is 10.7. The molecule has 2 amide bonds. The fourth-order valence-electron chi connectivity index (χ4n) is 4.09. The van der Waals surface area contributed by atoms with Crippen molar-refractivity contribution < 1.29 is 29.0 Å². The van der Waals surface area contributed by atoms with Gasteiger partial charge in [-0.1, -0.05) is 98.8 Å². The number of nitrogens with one attached hydrogen (secondary N) is 1. The molecule has 0 radical (unpaired) electrons. The highest BCUT2D eigenvalue weighted by Crippen LogP contribution is 2.20. The van der Waals surface area contributed by atoms with Crippen LogP contribution in [0.3, 0.4) is 0 Å². The first-order chi connectivity index (χ1) is 18.8. The molecule has 2 atom stereocenters. The van der Waals surface area contributed by atoms with Crippen LogP contribution < -0.4 is 5.32 Å². The van der Waals surface area contributed by atoms with E-state index in [-0.39, 0.29) is 25.5 Å². The number of hydrogen-bond donors (Lipinski definition) is 2. The molecule has 0 heterocycles. The van der Waals surface area contributed by atoms with Gasteiger partial charge in [-0.05, 0) is 28.2 Å². The number of carbonyl (C=O) groups is 3. The lowest BCUT2D eigenvalue weighted by Crippen LogP contribution is -2.52.